The van der Waals surface area contributed by atoms with E-state index in [0.29, 0.717) is 12.8 Å². The summed E-state index contributed by atoms with van der Waals surface area (Å²) >= 11 is 0. The zero-order valence-electron chi connectivity index (χ0n) is 11.9. The predicted molar refractivity (Wildman–Crippen MR) is 72.6 cm³/mol. The molecule has 0 fully saturated rings. The first-order valence-electron chi connectivity index (χ1n) is 6.23. The van der Waals surface area contributed by atoms with Gasteiger partial charge in [0.25, 0.3) is 0 Å². The average Bonchev–Trinajstić information content (AvgIpc) is 2.21. The Kier molecular flexibility index (Phi) is 6.48. The second-order valence-electron chi connectivity index (χ2n) is 5.50. The highest BCUT2D eigenvalue weighted by Crippen LogP contribution is 2.15. The number of sulfone groups is 1. The van der Waals surface area contributed by atoms with Crippen molar-refractivity contribution in [2.45, 2.75) is 45.3 Å². The highest BCUT2D eigenvalue weighted by molar-refractivity contribution is 7.93. The Labute approximate surface area is 114 Å². The second-order valence-corrected chi connectivity index (χ2v) is 8.24. The van der Waals surface area contributed by atoms with Crippen LogP contribution in [0.3, 0.4) is 0 Å². The maximum atomic E-state index is 11.8. The molecule has 7 heteroatoms. The standard InChI is InChI=1S/C12H23NO5S/c1-5-6-9(11(15)16)7-13-10(14)8-19(17,18)12(2,3)4/h9H,5-8H2,1-4H3,(H,13,14)(H,15,16). The summed E-state index contributed by atoms with van der Waals surface area (Å²) in [6.07, 6.45) is 1.13. The number of carbonyl (C=O) groups is 2. The van der Waals surface area contributed by atoms with E-state index in [2.05, 4.69) is 5.32 Å². The second kappa shape index (κ2) is 6.88. The molecule has 2 N–H and O–H groups in total. The Hall–Kier alpha value is -1.11. The third-order valence-electron chi connectivity index (χ3n) is 2.79. The van der Waals surface area contributed by atoms with Gasteiger partial charge in [0, 0.05) is 6.54 Å². The predicted octanol–water partition coefficient (Wildman–Crippen LogP) is 0.817. The summed E-state index contributed by atoms with van der Waals surface area (Å²) in [6, 6.07) is 0. The van der Waals surface area contributed by atoms with Crippen LogP contribution < -0.4 is 5.32 Å². The molecule has 0 aromatic rings. The average molecular weight is 293 g/mol. The molecule has 0 radical (unpaired) electrons. The maximum absolute atomic E-state index is 11.8. The lowest BCUT2D eigenvalue weighted by Gasteiger charge is -2.19. The lowest BCUT2D eigenvalue weighted by Crippen LogP contribution is -2.40. The molecule has 6 nitrogen and oxygen atoms in total. The summed E-state index contributed by atoms with van der Waals surface area (Å²) in [7, 11) is -3.54. The Morgan fingerprint density at radius 3 is 2.16 bits per heavy atom. The van der Waals surface area contributed by atoms with Gasteiger partial charge in [0.05, 0.1) is 10.7 Å². The molecule has 0 saturated carbocycles. The molecule has 0 heterocycles. The van der Waals surface area contributed by atoms with Gasteiger partial charge in [0.15, 0.2) is 9.84 Å². The van der Waals surface area contributed by atoms with Crippen molar-refractivity contribution in [1.29, 1.82) is 0 Å². The van der Waals surface area contributed by atoms with E-state index >= 15 is 0 Å². The summed E-state index contributed by atoms with van der Waals surface area (Å²) in [4.78, 5) is 22.4. The van der Waals surface area contributed by atoms with Gasteiger partial charge in [-0.3, -0.25) is 9.59 Å². The highest BCUT2D eigenvalue weighted by atomic mass is 32.2. The fourth-order valence-corrected chi connectivity index (χ4v) is 2.22. The van der Waals surface area contributed by atoms with Crippen LogP contribution in [-0.4, -0.2) is 42.4 Å². The topological polar surface area (TPSA) is 101 Å². The van der Waals surface area contributed by atoms with Crippen molar-refractivity contribution < 1.29 is 23.1 Å². The number of carboxylic acids is 1. The van der Waals surface area contributed by atoms with Crippen LogP contribution >= 0.6 is 0 Å². The van der Waals surface area contributed by atoms with Crippen LogP contribution in [0.25, 0.3) is 0 Å². The minimum absolute atomic E-state index is 0.0400. The van der Waals surface area contributed by atoms with Gasteiger partial charge in [-0.05, 0) is 27.2 Å². The van der Waals surface area contributed by atoms with Crippen LogP contribution in [0.4, 0.5) is 0 Å². The van der Waals surface area contributed by atoms with E-state index in [1.807, 2.05) is 6.92 Å². The maximum Gasteiger partial charge on any atom is 0.308 e. The van der Waals surface area contributed by atoms with Crippen LogP contribution in [0.5, 0.6) is 0 Å². The van der Waals surface area contributed by atoms with Crippen LogP contribution in [0.2, 0.25) is 0 Å². The van der Waals surface area contributed by atoms with Gasteiger partial charge in [-0.25, -0.2) is 8.42 Å². The molecule has 0 rings (SSSR count). The number of aliphatic carboxylic acids is 1. The van der Waals surface area contributed by atoms with Gasteiger partial charge in [-0.2, -0.15) is 0 Å². The Bertz CT molecular complexity index is 422. The molecular weight excluding hydrogens is 270 g/mol. The smallest absolute Gasteiger partial charge is 0.308 e. The Balaban J connectivity index is 4.45. The monoisotopic (exact) mass is 293 g/mol. The van der Waals surface area contributed by atoms with E-state index in [9.17, 15) is 18.0 Å². The minimum atomic E-state index is -3.54. The van der Waals surface area contributed by atoms with E-state index < -0.39 is 38.1 Å². The fourth-order valence-electron chi connectivity index (χ4n) is 1.34. The molecule has 0 spiro atoms. The highest BCUT2D eigenvalue weighted by Gasteiger charge is 2.31. The normalized spacial score (nSPS) is 13.9. The summed E-state index contributed by atoms with van der Waals surface area (Å²) in [5, 5.41) is 11.3. The third kappa shape index (κ3) is 6.04. The van der Waals surface area contributed by atoms with Gasteiger partial charge in [-0.15, -0.1) is 0 Å². The van der Waals surface area contributed by atoms with Crippen molar-refractivity contribution >= 4 is 21.7 Å². The molecular formula is C12H23NO5S. The number of rotatable bonds is 7. The number of carboxylic acid groups (broad SMARTS) is 1. The lowest BCUT2D eigenvalue weighted by molar-refractivity contribution is -0.141. The molecule has 0 aliphatic carbocycles. The SMILES string of the molecule is CCCC(CNC(=O)CS(=O)(=O)C(C)(C)C)C(=O)O. The van der Waals surface area contributed by atoms with Gasteiger partial charge >= 0.3 is 5.97 Å². The molecule has 0 aliphatic rings. The van der Waals surface area contributed by atoms with Crippen molar-refractivity contribution in [1.82, 2.24) is 5.32 Å². The minimum Gasteiger partial charge on any atom is -0.481 e. The van der Waals surface area contributed by atoms with Crippen molar-refractivity contribution in [3.05, 3.63) is 0 Å². The number of hydrogen-bond acceptors (Lipinski definition) is 4. The number of hydrogen-bond donors (Lipinski definition) is 2. The first-order valence-corrected chi connectivity index (χ1v) is 7.88. The zero-order valence-corrected chi connectivity index (χ0v) is 12.7. The van der Waals surface area contributed by atoms with Gasteiger partial charge in [-0.1, -0.05) is 13.3 Å². The van der Waals surface area contributed by atoms with Crippen molar-refractivity contribution in [2.75, 3.05) is 12.3 Å². The fraction of sp³-hybridized carbons (Fsp3) is 0.833. The Morgan fingerprint density at radius 2 is 1.79 bits per heavy atom. The van der Waals surface area contributed by atoms with Gasteiger partial charge in [0.1, 0.15) is 5.75 Å². The third-order valence-corrected chi connectivity index (χ3v) is 5.29. The molecule has 1 atom stereocenters. The van der Waals surface area contributed by atoms with Crippen molar-refractivity contribution in [3.8, 4) is 0 Å². The van der Waals surface area contributed by atoms with Crippen LogP contribution in [-0.2, 0) is 19.4 Å². The molecule has 1 unspecified atom stereocenters. The van der Waals surface area contributed by atoms with E-state index in [0.717, 1.165) is 0 Å². The van der Waals surface area contributed by atoms with Crippen LogP contribution in [0.1, 0.15) is 40.5 Å². The van der Waals surface area contributed by atoms with Crippen molar-refractivity contribution in [2.24, 2.45) is 5.92 Å². The molecule has 0 saturated heterocycles. The molecule has 112 valence electrons. The summed E-state index contributed by atoms with van der Waals surface area (Å²) in [5.41, 5.74) is 0. The summed E-state index contributed by atoms with van der Waals surface area (Å²) < 4.78 is 22.6. The van der Waals surface area contributed by atoms with E-state index in [4.69, 9.17) is 5.11 Å². The molecule has 0 aromatic carbocycles. The van der Waals surface area contributed by atoms with Gasteiger partial charge in [0.2, 0.25) is 5.91 Å². The zero-order chi connectivity index (χ0) is 15.3. The molecule has 1 amide bonds. The number of amides is 1. The molecule has 0 aliphatic heterocycles. The molecule has 19 heavy (non-hydrogen) atoms. The largest absolute Gasteiger partial charge is 0.481 e. The molecule has 0 bridgehead atoms. The summed E-state index contributed by atoms with van der Waals surface area (Å²) in [5.74, 6) is -2.93. The van der Waals surface area contributed by atoms with E-state index in [1.165, 1.54) is 20.8 Å². The van der Waals surface area contributed by atoms with Crippen LogP contribution in [0.15, 0.2) is 0 Å². The number of carbonyl (C=O) groups excluding carboxylic acids is 1. The first-order chi connectivity index (χ1) is 8.51. The van der Waals surface area contributed by atoms with E-state index in [1.54, 1.807) is 0 Å². The quantitative estimate of drug-likeness (QED) is 0.723. The van der Waals surface area contributed by atoms with Crippen LogP contribution in [0, 0.1) is 5.92 Å². The first kappa shape index (κ1) is 17.9. The van der Waals surface area contributed by atoms with Gasteiger partial charge < -0.3 is 10.4 Å². The van der Waals surface area contributed by atoms with E-state index in [-0.39, 0.29) is 6.54 Å². The van der Waals surface area contributed by atoms with Crippen molar-refractivity contribution in [3.63, 3.8) is 0 Å². The lowest BCUT2D eigenvalue weighted by atomic mass is 10.0. The molecule has 0 aromatic heterocycles. The summed E-state index contributed by atoms with van der Waals surface area (Å²) in [6.45, 7) is 6.37. The number of nitrogens with one attached hydrogen (secondary N) is 1. The Morgan fingerprint density at radius 1 is 1.26 bits per heavy atom.